The van der Waals surface area contributed by atoms with Gasteiger partial charge < -0.3 is 15.4 Å². The average molecular weight is 250 g/mol. The highest BCUT2D eigenvalue weighted by atomic mass is 32.1. The zero-order valence-corrected chi connectivity index (χ0v) is 11.3. The summed E-state index contributed by atoms with van der Waals surface area (Å²) in [5, 5.41) is 6.80. The molecule has 0 fully saturated rings. The van der Waals surface area contributed by atoms with E-state index in [0.29, 0.717) is 11.7 Å². The molecule has 2 N–H and O–H groups in total. The number of nitrogens with one attached hydrogen (secondary N) is 2. The van der Waals surface area contributed by atoms with Crippen LogP contribution in [-0.2, 0) is 0 Å². The Hall–Kier alpha value is -1.55. The lowest BCUT2D eigenvalue weighted by atomic mass is 10.2. The van der Waals surface area contributed by atoms with E-state index in [4.69, 9.17) is 17.0 Å². The van der Waals surface area contributed by atoms with Crippen LogP contribution in [0.5, 0.6) is 5.75 Å². The Morgan fingerprint density at radius 2 is 2.18 bits per heavy atom. The van der Waals surface area contributed by atoms with E-state index < -0.39 is 0 Å². The van der Waals surface area contributed by atoms with E-state index >= 15 is 0 Å². The summed E-state index contributed by atoms with van der Waals surface area (Å²) in [5.41, 5.74) is 3.10. The molecule has 0 aliphatic rings. The van der Waals surface area contributed by atoms with Crippen LogP contribution in [0.2, 0.25) is 0 Å². The molecule has 0 saturated carbocycles. The van der Waals surface area contributed by atoms with Crippen molar-refractivity contribution in [3.05, 3.63) is 35.9 Å². The normalized spacial score (nSPS) is 9.59. The van der Waals surface area contributed by atoms with Crippen LogP contribution in [0.4, 0.5) is 5.69 Å². The third-order valence-electron chi connectivity index (χ3n) is 2.24. The third-order valence-corrected chi connectivity index (χ3v) is 2.49. The molecular weight excluding hydrogens is 232 g/mol. The van der Waals surface area contributed by atoms with Gasteiger partial charge in [0.25, 0.3) is 0 Å². The van der Waals surface area contributed by atoms with Gasteiger partial charge in [0, 0.05) is 18.3 Å². The summed E-state index contributed by atoms with van der Waals surface area (Å²) in [4.78, 5) is 0. The maximum absolute atomic E-state index is 5.19. The number of methoxy groups -OCH3 is 1. The number of hydrogen-bond donors (Lipinski definition) is 2. The Balaban J connectivity index is 2.67. The van der Waals surface area contributed by atoms with Crippen LogP contribution in [-0.4, -0.2) is 18.8 Å². The first-order valence-electron chi connectivity index (χ1n) is 5.37. The van der Waals surface area contributed by atoms with Crippen LogP contribution in [0.1, 0.15) is 12.5 Å². The molecule has 1 aromatic carbocycles. The Morgan fingerprint density at radius 1 is 1.47 bits per heavy atom. The second kappa shape index (κ2) is 6.25. The van der Waals surface area contributed by atoms with Crippen molar-refractivity contribution in [2.45, 2.75) is 13.8 Å². The Bertz CT molecular complexity index is 429. The van der Waals surface area contributed by atoms with Gasteiger partial charge in [-0.1, -0.05) is 18.2 Å². The molecule has 1 rings (SSSR count). The molecule has 92 valence electrons. The zero-order chi connectivity index (χ0) is 12.8. The van der Waals surface area contributed by atoms with Gasteiger partial charge >= 0.3 is 0 Å². The number of aryl methyl sites for hydroxylation is 1. The molecule has 0 aromatic heterocycles. The van der Waals surface area contributed by atoms with Gasteiger partial charge in [0.05, 0.1) is 7.11 Å². The Kier molecular flexibility index (Phi) is 4.97. The number of thiocarbonyl (C=S) groups is 1. The van der Waals surface area contributed by atoms with Gasteiger partial charge in [0.15, 0.2) is 5.11 Å². The fraction of sp³-hybridized carbons (Fsp3) is 0.308. The molecule has 0 aliphatic heterocycles. The van der Waals surface area contributed by atoms with E-state index in [2.05, 4.69) is 17.2 Å². The Labute approximate surface area is 108 Å². The zero-order valence-electron chi connectivity index (χ0n) is 10.5. The van der Waals surface area contributed by atoms with Gasteiger partial charge in [0.1, 0.15) is 5.75 Å². The van der Waals surface area contributed by atoms with Crippen molar-refractivity contribution in [3.63, 3.8) is 0 Å². The van der Waals surface area contributed by atoms with Crippen LogP contribution in [0.15, 0.2) is 30.4 Å². The molecule has 3 nitrogen and oxygen atoms in total. The summed E-state index contributed by atoms with van der Waals surface area (Å²) in [7, 11) is 1.64. The largest absolute Gasteiger partial charge is 0.497 e. The molecule has 0 amide bonds. The van der Waals surface area contributed by atoms with Crippen molar-refractivity contribution in [3.8, 4) is 5.75 Å². The first-order valence-corrected chi connectivity index (χ1v) is 5.77. The summed E-state index contributed by atoms with van der Waals surface area (Å²) in [5.74, 6) is 0.806. The van der Waals surface area contributed by atoms with E-state index in [1.807, 2.05) is 32.0 Å². The maximum atomic E-state index is 5.19. The molecule has 0 heterocycles. The number of ether oxygens (including phenoxy) is 1. The molecule has 0 bridgehead atoms. The van der Waals surface area contributed by atoms with E-state index in [1.165, 1.54) is 0 Å². The molecule has 0 radical (unpaired) electrons. The van der Waals surface area contributed by atoms with Gasteiger partial charge in [0.2, 0.25) is 0 Å². The fourth-order valence-electron chi connectivity index (χ4n) is 1.26. The highest BCUT2D eigenvalue weighted by Gasteiger charge is 2.02. The minimum atomic E-state index is 0.587. The van der Waals surface area contributed by atoms with Crippen LogP contribution >= 0.6 is 12.2 Å². The topological polar surface area (TPSA) is 33.3 Å². The molecule has 4 heteroatoms. The molecule has 0 unspecified atom stereocenters. The Morgan fingerprint density at radius 3 is 2.76 bits per heavy atom. The van der Waals surface area contributed by atoms with Gasteiger partial charge in [-0.2, -0.15) is 0 Å². The molecule has 0 saturated heterocycles. The summed E-state index contributed by atoms with van der Waals surface area (Å²) < 4.78 is 5.17. The summed E-state index contributed by atoms with van der Waals surface area (Å²) in [6.45, 7) is 8.45. The number of benzene rings is 1. The summed E-state index contributed by atoms with van der Waals surface area (Å²) in [6, 6.07) is 5.83. The molecule has 0 aliphatic carbocycles. The van der Waals surface area contributed by atoms with E-state index in [9.17, 15) is 0 Å². The fourth-order valence-corrected chi connectivity index (χ4v) is 1.44. The highest BCUT2D eigenvalue weighted by molar-refractivity contribution is 7.80. The lowest BCUT2D eigenvalue weighted by molar-refractivity contribution is 0.415. The van der Waals surface area contributed by atoms with Gasteiger partial charge in [-0.15, -0.1) is 0 Å². The van der Waals surface area contributed by atoms with Crippen molar-refractivity contribution in [1.82, 2.24) is 5.32 Å². The number of rotatable bonds is 4. The average Bonchev–Trinajstić information content (AvgIpc) is 2.29. The minimum absolute atomic E-state index is 0.587. The maximum Gasteiger partial charge on any atom is 0.171 e. The minimum Gasteiger partial charge on any atom is -0.497 e. The number of anilines is 1. The monoisotopic (exact) mass is 250 g/mol. The second-order valence-electron chi connectivity index (χ2n) is 3.95. The highest BCUT2D eigenvalue weighted by Crippen LogP contribution is 2.21. The molecule has 0 spiro atoms. The van der Waals surface area contributed by atoms with Crippen molar-refractivity contribution in [2.75, 3.05) is 19.0 Å². The second-order valence-corrected chi connectivity index (χ2v) is 4.35. The van der Waals surface area contributed by atoms with Gasteiger partial charge in [-0.3, -0.25) is 0 Å². The first kappa shape index (κ1) is 13.5. The SMILES string of the molecule is C=C(C)CNC(=S)Nc1cc(OC)ccc1C. The van der Waals surface area contributed by atoms with E-state index in [-0.39, 0.29) is 0 Å². The summed E-state index contributed by atoms with van der Waals surface area (Å²) in [6.07, 6.45) is 0. The van der Waals surface area contributed by atoms with Gasteiger partial charge in [-0.25, -0.2) is 0 Å². The molecule has 0 atom stereocenters. The van der Waals surface area contributed by atoms with E-state index in [1.54, 1.807) is 7.11 Å². The van der Waals surface area contributed by atoms with Crippen molar-refractivity contribution in [2.24, 2.45) is 0 Å². The molecular formula is C13H18N2OS. The smallest absolute Gasteiger partial charge is 0.171 e. The van der Waals surface area contributed by atoms with Crippen LogP contribution in [0.3, 0.4) is 0 Å². The van der Waals surface area contributed by atoms with Gasteiger partial charge in [-0.05, 0) is 37.7 Å². The van der Waals surface area contributed by atoms with Crippen LogP contribution in [0, 0.1) is 6.92 Å². The first-order chi connectivity index (χ1) is 8.02. The van der Waals surface area contributed by atoms with Crippen LogP contribution in [0.25, 0.3) is 0 Å². The summed E-state index contributed by atoms with van der Waals surface area (Å²) >= 11 is 5.19. The third kappa shape index (κ3) is 4.44. The number of hydrogen-bond acceptors (Lipinski definition) is 2. The van der Waals surface area contributed by atoms with E-state index in [0.717, 1.165) is 22.6 Å². The van der Waals surface area contributed by atoms with Crippen LogP contribution < -0.4 is 15.4 Å². The predicted molar refractivity (Wildman–Crippen MR) is 76.8 cm³/mol. The lowest BCUT2D eigenvalue weighted by Gasteiger charge is -2.13. The molecule has 17 heavy (non-hydrogen) atoms. The van der Waals surface area contributed by atoms with Crippen molar-refractivity contribution >= 4 is 23.0 Å². The van der Waals surface area contributed by atoms with Crippen molar-refractivity contribution < 1.29 is 4.74 Å². The lowest BCUT2D eigenvalue weighted by Crippen LogP contribution is -2.29. The predicted octanol–water partition coefficient (Wildman–Crippen LogP) is 2.87. The molecule has 1 aromatic rings. The quantitative estimate of drug-likeness (QED) is 0.636. The van der Waals surface area contributed by atoms with Crippen molar-refractivity contribution in [1.29, 1.82) is 0 Å². The standard InChI is InChI=1S/C13H18N2OS/c1-9(2)8-14-13(17)15-12-7-11(16-4)6-5-10(12)3/h5-7H,1,8H2,2-4H3,(H2,14,15,17).